The molecule has 0 aliphatic carbocycles. The topological polar surface area (TPSA) is 63.7 Å². The maximum atomic E-state index is 12.1. The van der Waals surface area contributed by atoms with Crippen molar-refractivity contribution in [1.82, 2.24) is 10.3 Å². The highest BCUT2D eigenvalue weighted by molar-refractivity contribution is 7.13. The third-order valence-corrected chi connectivity index (χ3v) is 4.88. The summed E-state index contributed by atoms with van der Waals surface area (Å²) in [5.74, 6) is 1.37. The van der Waals surface area contributed by atoms with Gasteiger partial charge < -0.3 is 19.7 Å². The number of nitrogens with one attached hydrogen (secondary N) is 1. The molecule has 0 radical (unpaired) electrons. The molecular weight excluding hydrogens is 326 g/mol. The van der Waals surface area contributed by atoms with E-state index < -0.39 is 0 Å². The smallest absolute Gasteiger partial charge is 0.244 e. The van der Waals surface area contributed by atoms with Gasteiger partial charge in [-0.15, -0.1) is 11.3 Å². The zero-order valence-corrected chi connectivity index (χ0v) is 13.8. The van der Waals surface area contributed by atoms with Crippen LogP contribution in [0.15, 0.2) is 35.9 Å². The molecule has 1 aromatic heterocycles. The van der Waals surface area contributed by atoms with Crippen LogP contribution in [0.2, 0.25) is 0 Å². The van der Waals surface area contributed by atoms with Gasteiger partial charge in [0.2, 0.25) is 12.7 Å². The number of hydrogen-bond donors (Lipinski definition) is 1. The quantitative estimate of drug-likeness (QED) is 0.863. The number of aromatic nitrogens is 1. The first-order valence-corrected chi connectivity index (χ1v) is 8.68. The number of fused-ring (bicyclic) bond motifs is 1. The minimum absolute atomic E-state index is 0.0846. The Morgan fingerprint density at radius 3 is 3.17 bits per heavy atom. The Balaban J connectivity index is 1.32. The van der Waals surface area contributed by atoms with Crippen molar-refractivity contribution < 1.29 is 14.3 Å². The van der Waals surface area contributed by atoms with E-state index in [9.17, 15) is 4.79 Å². The van der Waals surface area contributed by atoms with E-state index in [-0.39, 0.29) is 18.7 Å². The summed E-state index contributed by atoms with van der Waals surface area (Å²) in [6.45, 7) is 1.97. The van der Waals surface area contributed by atoms with Crippen LogP contribution >= 0.6 is 11.3 Å². The van der Waals surface area contributed by atoms with Crippen LogP contribution in [-0.4, -0.2) is 36.8 Å². The van der Waals surface area contributed by atoms with Crippen molar-refractivity contribution in [3.8, 4) is 11.5 Å². The van der Waals surface area contributed by atoms with Crippen molar-refractivity contribution in [2.75, 3.05) is 24.8 Å². The molecule has 124 valence electrons. The van der Waals surface area contributed by atoms with Gasteiger partial charge >= 0.3 is 0 Å². The summed E-state index contributed by atoms with van der Waals surface area (Å²) in [5.41, 5.74) is 0.908. The van der Waals surface area contributed by atoms with Gasteiger partial charge in [0, 0.05) is 36.8 Å². The van der Waals surface area contributed by atoms with E-state index in [2.05, 4.69) is 15.2 Å². The van der Waals surface area contributed by atoms with Crippen LogP contribution in [0.3, 0.4) is 0 Å². The van der Waals surface area contributed by atoms with Crippen LogP contribution < -0.4 is 19.7 Å². The molecule has 1 amide bonds. The zero-order valence-electron chi connectivity index (χ0n) is 13.0. The van der Waals surface area contributed by atoms with Crippen LogP contribution in [0, 0.1) is 0 Å². The van der Waals surface area contributed by atoms with Gasteiger partial charge in [0.15, 0.2) is 16.6 Å². The minimum Gasteiger partial charge on any atom is -0.454 e. The van der Waals surface area contributed by atoms with Gasteiger partial charge in [-0.1, -0.05) is 6.07 Å². The van der Waals surface area contributed by atoms with Gasteiger partial charge in [0.25, 0.3) is 0 Å². The minimum atomic E-state index is -0.0846. The first-order chi connectivity index (χ1) is 11.8. The second-order valence-electron chi connectivity index (χ2n) is 5.70. The molecule has 2 aromatic rings. The van der Waals surface area contributed by atoms with Crippen molar-refractivity contribution in [2.24, 2.45) is 0 Å². The lowest BCUT2D eigenvalue weighted by Crippen LogP contribution is -2.36. The van der Waals surface area contributed by atoms with Gasteiger partial charge in [-0.3, -0.25) is 4.79 Å². The number of ether oxygens (including phenoxy) is 2. The number of anilines is 1. The molecule has 24 heavy (non-hydrogen) atoms. The molecule has 4 rings (SSSR count). The van der Waals surface area contributed by atoms with E-state index in [4.69, 9.17) is 9.47 Å². The lowest BCUT2D eigenvalue weighted by Gasteiger charge is -2.15. The molecule has 1 fully saturated rings. The zero-order chi connectivity index (χ0) is 16.4. The Morgan fingerprint density at radius 1 is 1.38 bits per heavy atom. The molecular formula is C17H17N3O3S. The van der Waals surface area contributed by atoms with Gasteiger partial charge in [0.1, 0.15) is 0 Å². The maximum Gasteiger partial charge on any atom is 0.244 e. The molecule has 2 aliphatic rings. The van der Waals surface area contributed by atoms with Gasteiger partial charge in [-0.2, -0.15) is 0 Å². The molecule has 0 unspecified atom stereocenters. The third kappa shape index (κ3) is 3.21. The molecule has 1 saturated heterocycles. The average Bonchev–Trinajstić information content (AvgIpc) is 3.32. The molecule has 0 saturated carbocycles. The summed E-state index contributed by atoms with van der Waals surface area (Å²) in [4.78, 5) is 18.6. The van der Waals surface area contributed by atoms with E-state index in [0.717, 1.165) is 36.0 Å². The van der Waals surface area contributed by atoms with Crippen LogP contribution in [-0.2, 0) is 4.79 Å². The summed E-state index contributed by atoms with van der Waals surface area (Å²) in [5, 5.41) is 6.03. The third-order valence-electron chi connectivity index (χ3n) is 4.05. The Hall–Kier alpha value is -2.54. The molecule has 7 heteroatoms. The normalized spacial score (nSPS) is 19.2. The molecule has 0 spiro atoms. The number of hydrogen-bond acceptors (Lipinski definition) is 6. The first kappa shape index (κ1) is 15.0. The number of thiazole rings is 1. The second-order valence-corrected chi connectivity index (χ2v) is 6.57. The number of rotatable bonds is 4. The van der Waals surface area contributed by atoms with E-state index in [0.29, 0.717) is 5.75 Å². The monoisotopic (exact) mass is 343 g/mol. The number of carbonyl (C=O) groups is 1. The Labute approximate surface area is 143 Å². The van der Waals surface area contributed by atoms with Crippen LogP contribution in [0.5, 0.6) is 11.5 Å². The lowest BCUT2D eigenvalue weighted by atomic mass is 10.2. The largest absolute Gasteiger partial charge is 0.454 e. The average molecular weight is 343 g/mol. The summed E-state index contributed by atoms with van der Waals surface area (Å²) in [6, 6.07) is 5.77. The van der Waals surface area contributed by atoms with E-state index in [1.807, 2.05) is 23.6 Å². The van der Waals surface area contributed by atoms with Crippen molar-refractivity contribution in [3.05, 3.63) is 41.4 Å². The first-order valence-electron chi connectivity index (χ1n) is 7.80. The van der Waals surface area contributed by atoms with E-state index >= 15 is 0 Å². The summed E-state index contributed by atoms with van der Waals surface area (Å²) >= 11 is 1.62. The molecule has 3 heterocycles. The Kier molecular flexibility index (Phi) is 4.08. The van der Waals surface area contributed by atoms with Crippen molar-refractivity contribution >= 4 is 28.5 Å². The van der Waals surface area contributed by atoms with Gasteiger partial charge in [-0.05, 0) is 30.2 Å². The standard InChI is InChI=1S/C17H17N3O3S/c21-16(4-2-12-1-3-14-15(9-12)23-11-22-14)19-13-5-7-20(10-13)17-18-6-8-24-17/h1-4,6,8-9,13H,5,7,10-11H2,(H,19,21)/b4-2+/t13-/m0/s1. The Morgan fingerprint density at radius 2 is 2.29 bits per heavy atom. The molecule has 2 aliphatic heterocycles. The highest BCUT2D eigenvalue weighted by Crippen LogP contribution is 2.32. The predicted molar refractivity (Wildman–Crippen MR) is 92.5 cm³/mol. The SMILES string of the molecule is O=C(/C=C/c1ccc2c(c1)OCO2)N[C@H]1CCN(c2nccs2)C1. The number of nitrogens with zero attached hydrogens (tertiary/aromatic N) is 2. The number of carbonyl (C=O) groups excluding carboxylic acids is 1. The fourth-order valence-corrected chi connectivity index (χ4v) is 3.54. The van der Waals surface area contributed by atoms with Crippen LogP contribution in [0.1, 0.15) is 12.0 Å². The fourth-order valence-electron chi connectivity index (χ4n) is 2.86. The molecule has 1 N–H and O–H groups in total. The van der Waals surface area contributed by atoms with Crippen molar-refractivity contribution in [3.63, 3.8) is 0 Å². The summed E-state index contributed by atoms with van der Waals surface area (Å²) in [6.07, 6.45) is 6.08. The molecule has 1 atom stereocenters. The highest BCUT2D eigenvalue weighted by atomic mass is 32.1. The Bertz CT molecular complexity index is 760. The van der Waals surface area contributed by atoms with Crippen LogP contribution in [0.25, 0.3) is 6.08 Å². The predicted octanol–water partition coefficient (Wildman–Crippen LogP) is 2.28. The number of benzene rings is 1. The van der Waals surface area contributed by atoms with Gasteiger partial charge in [0.05, 0.1) is 0 Å². The van der Waals surface area contributed by atoms with E-state index in [1.165, 1.54) is 0 Å². The van der Waals surface area contributed by atoms with Crippen LogP contribution in [0.4, 0.5) is 5.13 Å². The fraction of sp³-hybridized carbons (Fsp3) is 0.294. The van der Waals surface area contributed by atoms with Crippen molar-refractivity contribution in [2.45, 2.75) is 12.5 Å². The summed E-state index contributed by atoms with van der Waals surface area (Å²) < 4.78 is 10.6. The van der Waals surface area contributed by atoms with Crippen molar-refractivity contribution in [1.29, 1.82) is 0 Å². The lowest BCUT2D eigenvalue weighted by molar-refractivity contribution is -0.117. The molecule has 0 bridgehead atoms. The second kappa shape index (κ2) is 6.52. The highest BCUT2D eigenvalue weighted by Gasteiger charge is 2.24. The molecule has 6 nitrogen and oxygen atoms in total. The maximum absolute atomic E-state index is 12.1. The molecule has 1 aromatic carbocycles. The van der Waals surface area contributed by atoms with E-state index in [1.54, 1.807) is 29.7 Å². The van der Waals surface area contributed by atoms with Gasteiger partial charge in [-0.25, -0.2) is 4.98 Å². The summed E-state index contributed by atoms with van der Waals surface area (Å²) in [7, 11) is 0. The number of amides is 1.